The third-order valence-corrected chi connectivity index (χ3v) is 2.33. The molecule has 0 aliphatic heterocycles. The predicted octanol–water partition coefficient (Wildman–Crippen LogP) is -0.477. The number of carboxylic acid groups (broad SMARTS) is 1. The molecule has 0 aliphatic carbocycles. The van der Waals surface area contributed by atoms with Gasteiger partial charge >= 0.3 is 5.97 Å². The maximum atomic E-state index is 11.4. The highest BCUT2D eigenvalue weighted by Gasteiger charge is 2.21. The summed E-state index contributed by atoms with van der Waals surface area (Å²) in [5.74, 6) is -0.661. The Labute approximate surface area is 99.6 Å². The van der Waals surface area contributed by atoms with Crippen molar-refractivity contribution in [2.75, 3.05) is 11.5 Å². The van der Waals surface area contributed by atoms with E-state index in [2.05, 4.69) is 30.6 Å². The molecule has 0 aromatic carbocycles. The highest BCUT2D eigenvalue weighted by atomic mass is 32.1. The van der Waals surface area contributed by atoms with Crippen molar-refractivity contribution in [1.29, 1.82) is 0 Å². The van der Waals surface area contributed by atoms with Crippen LogP contribution in [0.4, 0.5) is 0 Å². The minimum absolute atomic E-state index is 0.276. The van der Waals surface area contributed by atoms with Crippen molar-refractivity contribution >= 4 is 37.1 Å². The normalized spacial score (nSPS) is 14.3. The number of amides is 1. The van der Waals surface area contributed by atoms with E-state index in [4.69, 9.17) is 10.8 Å². The van der Waals surface area contributed by atoms with Crippen molar-refractivity contribution in [3.63, 3.8) is 0 Å². The van der Waals surface area contributed by atoms with Gasteiger partial charge < -0.3 is 16.2 Å². The van der Waals surface area contributed by atoms with Gasteiger partial charge in [-0.2, -0.15) is 25.3 Å². The molecule has 4 N–H and O–H groups in total. The average molecular weight is 252 g/mol. The number of hydrogen-bond donors (Lipinski definition) is 5. The molecular weight excluding hydrogens is 236 g/mol. The quantitative estimate of drug-likeness (QED) is 0.396. The molecule has 88 valence electrons. The zero-order chi connectivity index (χ0) is 11.8. The number of carboxylic acids is 1. The highest BCUT2D eigenvalue weighted by molar-refractivity contribution is 7.80. The van der Waals surface area contributed by atoms with Crippen LogP contribution in [0.25, 0.3) is 0 Å². The Kier molecular flexibility index (Phi) is 7.63. The minimum Gasteiger partial charge on any atom is -0.480 e. The fourth-order valence-electron chi connectivity index (χ4n) is 0.935. The summed E-state index contributed by atoms with van der Waals surface area (Å²) in [4.78, 5) is 22.1. The number of carbonyl (C=O) groups is 2. The molecule has 0 heterocycles. The maximum absolute atomic E-state index is 11.4. The summed E-state index contributed by atoms with van der Waals surface area (Å²) in [6.07, 6.45) is 0.694. The van der Waals surface area contributed by atoms with E-state index in [0.29, 0.717) is 17.9 Å². The van der Waals surface area contributed by atoms with Crippen molar-refractivity contribution in [1.82, 2.24) is 5.32 Å². The van der Waals surface area contributed by atoms with Gasteiger partial charge in [0.25, 0.3) is 0 Å². The predicted molar refractivity (Wildman–Crippen MR) is 64.5 cm³/mol. The molecule has 0 radical (unpaired) electrons. The molecule has 0 bridgehead atoms. The summed E-state index contributed by atoms with van der Waals surface area (Å²) in [6.45, 7) is 0. The van der Waals surface area contributed by atoms with Crippen molar-refractivity contribution in [3.05, 3.63) is 0 Å². The number of thiol groups is 2. The summed E-state index contributed by atoms with van der Waals surface area (Å²) in [6, 6.07) is -1.62. The summed E-state index contributed by atoms with van der Waals surface area (Å²) < 4.78 is 0. The zero-order valence-corrected chi connectivity index (χ0v) is 10.0. The molecule has 0 rings (SSSR count). The van der Waals surface area contributed by atoms with Crippen LogP contribution >= 0.6 is 25.3 Å². The highest BCUT2D eigenvalue weighted by Crippen LogP contribution is 1.97. The largest absolute Gasteiger partial charge is 0.480 e. The summed E-state index contributed by atoms with van der Waals surface area (Å²) >= 11 is 7.85. The standard InChI is InChI=1S/C8H16N2O3S2/c9-5(1-3-14)7(11)10-6(2-4-15)8(12)13/h5-6,14-15H,1-4,9H2,(H,10,11)(H,12,13)/t5-,6-/m0/s1. The first-order chi connectivity index (χ1) is 7.02. The molecule has 1 amide bonds. The van der Waals surface area contributed by atoms with Gasteiger partial charge in [0.2, 0.25) is 5.91 Å². The van der Waals surface area contributed by atoms with Gasteiger partial charge in [-0.1, -0.05) is 0 Å². The molecule has 0 saturated heterocycles. The van der Waals surface area contributed by atoms with Crippen LogP contribution in [0.15, 0.2) is 0 Å². The van der Waals surface area contributed by atoms with E-state index < -0.39 is 24.0 Å². The van der Waals surface area contributed by atoms with Gasteiger partial charge in [-0.25, -0.2) is 4.79 Å². The Morgan fingerprint density at radius 3 is 2.20 bits per heavy atom. The molecule has 0 fully saturated rings. The molecule has 0 unspecified atom stereocenters. The van der Waals surface area contributed by atoms with Crippen LogP contribution in [-0.2, 0) is 9.59 Å². The number of aliphatic carboxylic acids is 1. The van der Waals surface area contributed by atoms with Crippen LogP contribution in [0.5, 0.6) is 0 Å². The molecule has 2 atom stereocenters. The maximum Gasteiger partial charge on any atom is 0.326 e. The molecule has 0 saturated carbocycles. The van der Waals surface area contributed by atoms with E-state index in [1.54, 1.807) is 0 Å². The van der Waals surface area contributed by atoms with Crippen LogP contribution < -0.4 is 11.1 Å². The third kappa shape index (κ3) is 5.91. The summed E-state index contributed by atoms with van der Waals surface area (Å²) in [5, 5.41) is 11.1. The topological polar surface area (TPSA) is 92.4 Å². The first kappa shape index (κ1) is 14.6. The average Bonchev–Trinajstić information content (AvgIpc) is 2.17. The van der Waals surface area contributed by atoms with E-state index in [-0.39, 0.29) is 6.42 Å². The third-order valence-electron chi connectivity index (χ3n) is 1.81. The van der Waals surface area contributed by atoms with Crippen LogP contribution in [-0.4, -0.2) is 40.6 Å². The van der Waals surface area contributed by atoms with Crippen LogP contribution in [0.3, 0.4) is 0 Å². The smallest absolute Gasteiger partial charge is 0.326 e. The zero-order valence-electron chi connectivity index (χ0n) is 8.22. The molecule has 15 heavy (non-hydrogen) atoms. The molecule has 0 aromatic heterocycles. The van der Waals surface area contributed by atoms with Crippen molar-refractivity contribution in [2.45, 2.75) is 24.9 Å². The lowest BCUT2D eigenvalue weighted by atomic mass is 10.2. The van der Waals surface area contributed by atoms with E-state index in [1.165, 1.54) is 0 Å². The number of hydrogen-bond acceptors (Lipinski definition) is 5. The lowest BCUT2D eigenvalue weighted by Gasteiger charge is -2.16. The van der Waals surface area contributed by atoms with E-state index in [0.717, 1.165) is 0 Å². The lowest BCUT2D eigenvalue weighted by molar-refractivity contribution is -0.142. The monoisotopic (exact) mass is 252 g/mol. The van der Waals surface area contributed by atoms with Gasteiger partial charge in [-0.3, -0.25) is 4.79 Å². The van der Waals surface area contributed by atoms with Gasteiger partial charge in [0.05, 0.1) is 6.04 Å². The Morgan fingerprint density at radius 2 is 1.80 bits per heavy atom. The first-order valence-electron chi connectivity index (χ1n) is 4.53. The molecule has 5 nitrogen and oxygen atoms in total. The molecule has 0 aromatic rings. The van der Waals surface area contributed by atoms with E-state index in [9.17, 15) is 9.59 Å². The van der Waals surface area contributed by atoms with Gasteiger partial charge in [0.1, 0.15) is 6.04 Å². The van der Waals surface area contributed by atoms with Gasteiger partial charge in [0.15, 0.2) is 0 Å². The minimum atomic E-state index is -1.07. The van der Waals surface area contributed by atoms with Crippen molar-refractivity contribution in [2.24, 2.45) is 5.73 Å². The fourth-order valence-corrected chi connectivity index (χ4v) is 1.47. The van der Waals surface area contributed by atoms with Crippen molar-refractivity contribution < 1.29 is 14.7 Å². The number of nitrogens with one attached hydrogen (secondary N) is 1. The lowest BCUT2D eigenvalue weighted by Crippen LogP contribution is -2.48. The molecule has 7 heteroatoms. The van der Waals surface area contributed by atoms with Gasteiger partial charge in [0, 0.05) is 0 Å². The molecule has 0 spiro atoms. The van der Waals surface area contributed by atoms with Crippen molar-refractivity contribution in [3.8, 4) is 0 Å². The Hall–Kier alpha value is -0.400. The second-order valence-corrected chi connectivity index (χ2v) is 3.92. The van der Waals surface area contributed by atoms with Gasteiger partial charge in [-0.05, 0) is 24.3 Å². The number of rotatable bonds is 7. The van der Waals surface area contributed by atoms with E-state index >= 15 is 0 Å². The first-order valence-corrected chi connectivity index (χ1v) is 5.80. The fraction of sp³-hybridized carbons (Fsp3) is 0.750. The Morgan fingerprint density at radius 1 is 1.27 bits per heavy atom. The second-order valence-electron chi connectivity index (χ2n) is 3.03. The van der Waals surface area contributed by atoms with Crippen LogP contribution in [0.2, 0.25) is 0 Å². The summed E-state index contributed by atoms with van der Waals surface area (Å²) in [7, 11) is 0. The molecular formula is C8H16N2O3S2. The summed E-state index contributed by atoms with van der Waals surface area (Å²) in [5.41, 5.74) is 5.50. The number of carbonyl (C=O) groups excluding carboxylic acids is 1. The number of nitrogens with two attached hydrogens (primary N) is 1. The van der Waals surface area contributed by atoms with Crippen LogP contribution in [0, 0.1) is 0 Å². The van der Waals surface area contributed by atoms with Crippen LogP contribution in [0.1, 0.15) is 12.8 Å². The second kappa shape index (κ2) is 7.84. The Bertz CT molecular complexity index is 226. The SMILES string of the molecule is N[C@@H](CCS)C(=O)N[C@@H](CCS)C(=O)O. The van der Waals surface area contributed by atoms with E-state index in [1.807, 2.05) is 0 Å². The van der Waals surface area contributed by atoms with Gasteiger partial charge in [-0.15, -0.1) is 0 Å². The molecule has 0 aliphatic rings. The Balaban J connectivity index is 4.15.